The van der Waals surface area contributed by atoms with Gasteiger partial charge in [0.1, 0.15) is 0 Å². The van der Waals surface area contributed by atoms with Crippen LogP contribution in [-0.4, -0.2) is 39.9 Å². The standard InChI is InChI=1S/C23H24N4O/c1-17(15-27-12-9-18-5-2-3-6-21(18)16-27)26-23(28)20-8-4-7-19(13-20)22-14-24-10-11-25-22/h2-8,10-11,13-14,17H,9,12,15-16H2,1H3,(H,26,28)/t17-/m0/s1. The molecule has 2 aromatic carbocycles. The molecule has 0 saturated heterocycles. The third-order valence-electron chi connectivity index (χ3n) is 5.10. The summed E-state index contributed by atoms with van der Waals surface area (Å²) in [4.78, 5) is 23.5. The van der Waals surface area contributed by atoms with E-state index in [1.807, 2.05) is 24.3 Å². The fourth-order valence-corrected chi connectivity index (χ4v) is 3.72. The molecule has 0 unspecified atom stereocenters. The van der Waals surface area contributed by atoms with Crippen LogP contribution >= 0.6 is 0 Å². The van der Waals surface area contributed by atoms with Crippen molar-refractivity contribution in [3.05, 3.63) is 83.8 Å². The average Bonchev–Trinajstić information content (AvgIpc) is 2.74. The van der Waals surface area contributed by atoms with Crippen LogP contribution in [0.1, 0.15) is 28.4 Å². The van der Waals surface area contributed by atoms with Crippen molar-refractivity contribution in [1.82, 2.24) is 20.2 Å². The van der Waals surface area contributed by atoms with Gasteiger partial charge in [0.05, 0.1) is 11.9 Å². The van der Waals surface area contributed by atoms with E-state index in [0.29, 0.717) is 5.56 Å². The number of amides is 1. The number of hydrogen-bond acceptors (Lipinski definition) is 4. The van der Waals surface area contributed by atoms with Crippen LogP contribution in [0.25, 0.3) is 11.3 Å². The highest BCUT2D eigenvalue weighted by molar-refractivity contribution is 5.95. The molecule has 0 fully saturated rings. The monoisotopic (exact) mass is 372 g/mol. The summed E-state index contributed by atoms with van der Waals surface area (Å²) in [6.45, 7) is 4.87. The first-order chi connectivity index (χ1) is 13.7. The first kappa shape index (κ1) is 18.3. The van der Waals surface area contributed by atoms with Crippen LogP contribution < -0.4 is 5.32 Å². The van der Waals surface area contributed by atoms with Crippen molar-refractivity contribution in [1.29, 1.82) is 0 Å². The molecule has 1 aliphatic rings. The first-order valence-electron chi connectivity index (χ1n) is 9.65. The van der Waals surface area contributed by atoms with Crippen molar-refractivity contribution in [3.63, 3.8) is 0 Å². The summed E-state index contributed by atoms with van der Waals surface area (Å²) in [6.07, 6.45) is 6.06. The Kier molecular flexibility index (Phi) is 5.44. The fourth-order valence-electron chi connectivity index (χ4n) is 3.72. The van der Waals surface area contributed by atoms with Crippen LogP contribution in [0.3, 0.4) is 0 Å². The summed E-state index contributed by atoms with van der Waals surface area (Å²) in [7, 11) is 0. The SMILES string of the molecule is C[C@@H](CN1CCc2ccccc2C1)NC(=O)c1cccc(-c2cnccn2)c1. The highest BCUT2D eigenvalue weighted by Gasteiger charge is 2.19. The predicted octanol–water partition coefficient (Wildman–Crippen LogP) is 3.32. The number of benzene rings is 2. The minimum Gasteiger partial charge on any atom is -0.348 e. The summed E-state index contributed by atoms with van der Waals surface area (Å²) < 4.78 is 0. The Hall–Kier alpha value is -3.05. The molecule has 5 heteroatoms. The summed E-state index contributed by atoms with van der Waals surface area (Å²) in [5, 5.41) is 3.13. The number of aromatic nitrogens is 2. The number of fused-ring (bicyclic) bond motifs is 1. The maximum Gasteiger partial charge on any atom is 0.251 e. The van der Waals surface area contributed by atoms with Gasteiger partial charge in [-0.15, -0.1) is 0 Å². The summed E-state index contributed by atoms with van der Waals surface area (Å²) in [6, 6.07) is 16.2. The lowest BCUT2D eigenvalue weighted by molar-refractivity contribution is 0.0927. The molecule has 0 saturated carbocycles. The number of nitrogens with zero attached hydrogens (tertiary/aromatic N) is 3. The number of carbonyl (C=O) groups excluding carboxylic acids is 1. The molecule has 5 nitrogen and oxygen atoms in total. The zero-order valence-electron chi connectivity index (χ0n) is 16.0. The average molecular weight is 372 g/mol. The second-order valence-electron chi connectivity index (χ2n) is 7.30. The fraction of sp³-hybridized carbons (Fsp3) is 0.261. The van der Waals surface area contributed by atoms with Gasteiger partial charge in [-0.2, -0.15) is 0 Å². The zero-order chi connectivity index (χ0) is 19.3. The van der Waals surface area contributed by atoms with Crippen molar-refractivity contribution >= 4 is 5.91 Å². The van der Waals surface area contributed by atoms with Crippen LogP contribution in [0.15, 0.2) is 67.1 Å². The normalized spacial score (nSPS) is 14.9. The van der Waals surface area contributed by atoms with Gasteiger partial charge in [0.15, 0.2) is 0 Å². The Morgan fingerprint density at radius 1 is 1.14 bits per heavy atom. The Balaban J connectivity index is 1.37. The molecule has 1 aromatic heterocycles. The summed E-state index contributed by atoms with van der Waals surface area (Å²) in [5.41, 5.74) is 5.12. The molecule has 1 N–H and O–H groups in total. The molecule has 2 heterocycles. The summed E-state index contributed by atoms with van der Waals surface area (Å²) in [5.74, 6) is -0.0596. The van der Waals surface area contributed by atoms with Gasteiger partial charge in [-0.3, -0.25) is 19.7 Å². The summed E-state index contributed by atoms with van der Waals surface area (Å²) >= 11 is 0. The van der Waals surface area contributed by atoms with Gasteiger partial charge < -0.3 is 5.32 Å². The second-order valence-corrected chi connectivity index (χ2v) is 7.30. The van der Waals surface area contributed by atoms with Gasteiger partial charge in [0.25, 0.3) is 5.91 Å². The lowest BCUT2D eigenvalue weighted by Crippen LogP contribution is -2.43. The van der Waals surface area contributed by atoms with Gasteiger partial charge in [-0.25, -0.2) is 0 Å². The van der Waals surface area contributed by atoms with E-state index in [2.05, 4.69) is 51.4 Å². The van der Waals surface area contributed by atoms with E-state index in [1.165, 1.54) is 11.1 Å². The largest absolute Gasteiger partial charge is 0.348 e. The van der Waals surface area contributed by atoms with Crippen molar-refractivity contribution in [3.8, 4) is 11.3 Å². The molecule has 1 amide bonds. The van der Waals surface area contributed by atoms with E-state index >= 15 is 0 Å². The molecule has 142 valence electrons. The van der Waals surface area contributed by atoms with Crippen LogP contribution in [0.4, 0.5) is 0 Å². The molecule has 1 aliphatic heterocycles. The number of nitrogens with one attached hydrogen (secondary N) is 1. The van der Waals surface area contributed by atoms with Gasteiger partial charge in [-0.1, -0.05) is 36.4 Å². The van der Waals surface area contributed by atoms with Crippen molar-refractivity contribution in [2.75, 3.05) is 13.1 Å². The minimum atomic E-state index is -0.0596. The number of rotatable bonds is 5. The molecule has 3 aromatic rings. The molecule has 28 heavy (non-hydrogen) atoms. The molecule has 1 atom stereocenters. The molecule has 0 bridgehead atoms. The van der Waals surface area contributed by atoms with Crippen LogP contribution in [0.5, 0.6) is 0 Å². The number of carbonyl (C=O) groups is 1. The van der Waals surface area contributed by atoms with E-state index in [4.69, 9.17) is 0 Å². The lowest BCUT2D eigenvalue weighted by Gasteiger charge is -2.31. The Labute approximate surface area is 165 Å². The third kappa shape index (κ3) is 4.26. The smallest absolute Gasteiger partial charge is 0.251 e. The molecular formula is C23H24N4O. The topological polar surface area (TPSA) is 58.1 Å². The third-order valence-corrected chi connectivity index (χ3v) is 5.10. The van der Waals surface area contributed by atoms with E-state index in [1.54, 1.807) is 18.6 Å². The van der Waals surface area contributed by atoms with Gasteiger partial charge in [0.2, 0.25) is 0 Å². The van der Waals surface area contributed by atoms with Crippen LogP contribution in [-0.2, 0) is 13.0 Å². The van der Waals surface area contributed by atoms with E-state index in [-0.39, 0.29) is 11.9 Å². The van der Waals surface area contributed by atoms with Gasteiger partial charge in [0, 0.05) is 49.2 Å². The van der Waals surface area contributed by atoms with Crippen molar-refractivity contribution < 1.29 is 4.79 Å². The highest BCUT2D eigenvalue weighted by Crippen LogP contribution is 2.19. The van der Waals surface area contributed by atoms with E-state index in [0.717, 1.165) is 37.3 Å². The molecular weight excluding hydrogens is 348 g/mol. The maximum atomic E-state index is 12.7. The lowest BCUT2D eigenvalue weighted by atomic mass is 9.99. The van der Waals surface area contributed by atoms with Gasteiger partial charge >= 0.3 is 0 Å². The van der Waals surface area contributed by atoms with E-state index < -0.39 is 0 Å². The molecule has 0 aliphatic carbocycles. The Morgan fingerprint density at radius 2 is 2.00 bits per heavy atom. The number of hydrogen-bond donors (Lipinski definition) is 1. The van der Waals surface area contributed by atoms with E-state index in [9.17, 15) is 4.79 Å². The zero-order valence-corrected chi connectivity index (χ0v) is 16.0. The van der Waals surface area contributed by atoms with Crippen LogP contribution in [0.2, 0.25) is 0 Å². The predicted molar refractivity (Wildman–Crippen MR) is 110 cm³/mol. The second kappa shape index (κ2) is 8.31. The van der Waals surface area contributed by atoms with Crippen molar-refractivity contribution in [2.45, 2.75) is 25.9 Å². The molecule has 0 radical (unpaired) electrons. The Morgan fingerprint density at radius 3 is 2.82 bits per heavy atom. The Bertz CT molecular complexity index is 958. The quantitative estimate of drug-likeness (QED) is 0.746. The highest BCUT2D eigenvalue weighted by atomic mass is 16.1. The minimum absolute atomic E-state index is 0.0596. The molecule has 4 rings (SSSR count). The molecule has 0 spiro atoms. The first-order valence-corrected chi connectivity index (χ1v) is 9.65. The van der Waals surface area contributed by atoms with Crippen LogP contribution in [0, 0.1) is 0 Å². The van der Waals surface area contributed by atoms with Gasteiger partial charge in [-0.05, 0) is 36.6 Å². The van der Waals surface area contributed by atoms with Crippen molar-refractivity contribution in [2.24, 2.45) is 0 Å². The maximum absolute atomic E-state index is 12.7.